The molecule has 1 aliphatic rings. The van der Waals surface area contributed by atoms with Crippen molar-refractivity contribution in [2.45, 2.75) is 30.7 Å². The van der Waals surface area contributed by atoms with Crippen molar-refractivity contribution in [1.82, 2.24) is 4.90 Å². The van der Waals surface area contributed by atoms with Crippen molar-refractivity contribution in [3.8, 4) is 0 Å². The van der Waals surface area contributed by atoms with Crippen molar-refractivity contribution >= 4 is 21.7 Å². The van der Waals surface area contributed by atoms with Crippen LogP contribution < -0.4 is 0 Å². The van der Waals surface area contributed by atoms with Crippen molar-refractivity contribution in [3.63, 3.8) is 0 Å². The van der Waals surface area contributed by atoms with Crippen molar-refractivity contribution in [1.29, 1.82) is 0 Å². The summed E-state index contributed by atoms with van der Waals surface area (Å²) in [4.78, 5) is 26.4. The average Bonchev–Trinajstić information content (AvgIpc) is 2.65. The number of sulfone groups is 1. The summed E-state index contributed by atoms with van der Waals surface area (Å²) in [6.45, 7) is 2.10. The summed E-state index contributed by atoms with van der Waals surface area (Å²) >= 11 is 0. The summed E-state index contributed by atoms with van der Waals surface area (Å²) in [5.74, 6) is -1.59. The molecule has 1 amide bonds. The zero-order valence-corrected chi connectivity index (χ0v) is 16.0. The fourth-order valence-electron chi connectivity index (χ4n) is 3.54. The second-order valence-electron chi connectivity index (χ2n) is 6.64. The lowest BCUT2D eigenvalue weighted by molar-refractivity contribution is -0.143. The van der Waals surface area contributed by atoms with Gasteiger partial charge in [0, 0.05) is 18.4 Å². The van der Waals surface area contributed by atoms with E-state index in [0.29, 0.717) is 24.0 Å². The second-order valence-corrected chi connectivity index (χ2v) is 8.62. The Hall–Kier alpha value is -2.67. The van der Waals surface area contributed by atoms with Gasteiger partial charge in [0.2, 0.25) is 0 Å². The molecule has 1 N–H and O–H groups in total. The molecule has 3 rings (SSSR count). The second kappa shape index (κ2) is 7.15. The molecule has 27 heavy (non-hydrogen) atoms. The van der Waals surface area contributed by atoms with E-state index >= 15 is 0 Å². The van der Waals surface area contributed by atoms with Gasteiger partial charge in [0.25, 0.3) is 5.91 Å². The highest BCUT2D eigenvalue weighted by Gasteiger charge is 2.36. The van der Waals surface area contributed by atoms with Gasteiger partial charge < -0.3 is 10.0 Å². The van der Waals surface area contributed by atoms with Gasteiger partial charge in [0.1, 0.15) is 0 Å². The highest BCUT2D eigenvalue weighted by molar-refractivity contribution is 7.90. The normalized spacial score (nSPS) is 16.7. The molecule has 6 nitrogen and oxygen atoms in total. The lowest BCUT2D eigenvalue weighted by Gasteiger charge is -2.35. The average molecular weight is 387 g/mol. The van der Waals surface area contributed by atoms with E-state index in [4.69, 9.17) is 0 Å². The first-order chi connectivity index (χ1) is 12.7. The summed E-state index contributed by atoms with van der Waals surface area (Å²) in [6, 6.07) is 10.6. The number of rotatable bonds is 4. The van der Waals surface area contributed by atoms with E-state index in [9.17, 15) is 23.1 Å². The predicted octanol–water partition coefficient (Wildman–Crippen LogP) is 2.48. The summed E-state index contributed by atoms with van der Waals surface area (Å²) in [6.07, 6.45) is 2.18. The molecule has 1 heterocycles. The maximum atomic E-state index is 13.1. The third-order valence-corrected chi connectivity index (χ3v) is 6.05. The predicted molar refractivity (Wildman–Crippen MR) is 100 cm³/mol. The van der Waals surface area contributed by atoms with Gasteiger partial charge in [0.05, 0.1) is 4.90 Å². The third-order valence-electron chi connectivity index (χ3n) is 4.87. The van der Waals surface area contributed by atoms with E-state index in [1.807, 2.05) is 19.1 Å². The number of aryl methyl sites for hydroxylation is 1. The smallest absolute Gasteiger partial charge is 0.331 e. The molecule has 0 bridgehead atoms. The molecule has 2 aromatic carbocycles. The summed E-state index contributed by atoms with van der Waals surface area (Å²) in [5, 5.41) is 9.73. The standard InChI is InChI=1S/C20H21NO5S/c1-3-13-8-9-15(12-17(13)27(2,25)26)19(22)21-11-10-14-6-4-5-7-16(14)18(21)20(23)24/h4-9,12,18H,3,10-11H2,1-2H3,(H,23,24). The van der Waals surface area contributed by atoms with Gasteiger partial charge in [-0.25, -0.2) is 13.2 Å². The zero-order valence-electron chi connectivity index (χ0n) is 15.2. The highest BCUT2D eigenvalue weighted by Crippen LogP contribution is 2.31. The van der Waals surface area contributed by atoms with Crippen LogP contribution in [0.15, 0.2) is 47.4 Å². The monoisotopic (exact) mass is 387 g/mol. The number of nitrogens with zero attached hydrogens (tertiary/aromatic N) is 1. The van der Waals surface area contributed by atoms with Gasteiger partial charge in [-0.3, -0.25) is 4.79 Å². The van der Waals surface area contributed by atoms with Crippen LogP contribution in [0.3, 0.4) is 0 Å². The summed E-state index contributed by atoms with van der Waals surface area (Å²) < 4.78 is 24.2. The molecular formula is C20H21NO5S. The lowest BCUT2D eigenvalue weighted by atomic mass is 9.92. The van der Waals surface area contributed by atoms with E-state index in [2.05, 4.69) is 0 Å². The Bertz CT molecular complexity index is 1010. The van der Waals surface area contributed by atoms with E-state index in [-0.39, 0.29) is 17.0 Å². The first-order valence-electron chi connectivity index (χ1n) is 8.68. The van der Waals surface area contributed by atoms with Gasteiger partial charge in [0.15, 0.2) is 15.9 Å². The number of aliphatic carboxylic acids is 1. The number of hydrogen-bond donors (Lipinski definition) is 1. The maximum Gasteiger partial charge on any atom is 0.331 e. The Balaban J connectivity index is 2.04. The van der Waals surface area contributed by atoms with Crippen LogP contribution >= 0.6 is 0 Å². The van der Waals surface area contributed by atoms with Gasteiger partial charge in [-0.15, -0.1) is 0 Å². The number of carbonyl (C=O) groups excluding carboxylic acids is 1. The van der Waals surface area contributed by atoms with E-state index in [1.165, 1.54) is 11.0 Å². The van der Waals surface area contributed by atoms with E-state index < -0.39 is 27.8 Å². The van der Waals surface area contributed by atoms with Crippen LogP contribution in [0.25, 0.3) is 0 Å². The zero-order chi connectivity index (χ0) is 19.8. The molecule has 0 saturated heterocycles. The SMILES string of the molecule is CCc1ccc(C(=O)N2CCc3ccccc3C2C(=O)O)cc1S(C)(=O)=O. The first kappa shape index (κ1) is 19.1. The number of amides is 1. The van der Waals surface area contributed by atoms with Crippen LogP contribution in [-0.2, 0) is 27.5 Å². The van der Waals surface area contributed by atoms with E-state index in [0.717, 1.165) is 11.8 Å². The Morgan fingerprint density at radius 2 is 1.89 bits per heavy atom. The Labute approximate surface area is 158 Å². The molecule has 0 aromatic heterocycles. The minimum absolute atomic E-state index is 0.111. The number of carboxylic acid groups (broad SMARTS) is 1. The molecule has 1 aliphatic heterocycles. The highest BCUT2D eigenvalue weighted by atomic mass is 32.2. The quantitative estimate of drug-likeness (QED) is 0.870. The molecule has 0 aliphatic carbocycles. The van der Waals surface area contributed by atoms with Crippen LogP contribution in [0.4, 0.5) is 0 Å². The minimum Gasteiger partial charge on any atom is -0.479 e. The largest absolute Gasteiger partial charge is 0.479 e. The van der Waals surface area contributed by atoms with Crippen LogP contribution in [0.5, 0.6) is 0 Å². The van der Waals surface area contributed by atoms with Crippen molar-refractivity contribution in [2.24, 2.45) is 0 Å². The first-order valence-corrected chi connectivity index (χ1v) is 10.6. The van der Waals surface area contributed by atoms with Crippen molar-refractivity contribution in [2.75, 3.05) is 12.8 Å². The fourth-order valence-corrected chi connectivity index (χ4v) is 4.57. The molecule has 2 aromatic rings. The number of carboxylic acids is 1. The molecule has 0 radical (unpaired) electrons. The molecule has 7 heteroatoms. The summed E-state index contributed by atoms with van der Waals surface area (Å²) in [7, 11) is -3.50. The molecule has 142 valence electrons. The van der Waals surface area contributed by atoms with Gasteiger partial charge in [-0.05, 0) is 41.7 Å². The Morgan fingerprint density at radius 3 is 2.52 bits per heavy atom. The number of hydrogen-bond acceptors (Lipinski definition) is 4. The van der Waals surface area contributed by atoms with Crippen LogP contribution in [0.1, 0.15) is 40.0 Å². The molecule has 1 atom stereocenters. The molecular weight excluding hydrogens is 366 g/mol. The maximum absolute atomic E-state index is 13.1. The van der Waals surface area contributed by atoms with Crippen molar-refractivity contribution < 1.29 is 23.1 Å². The minimum atomic E-state index is -3.50. The lowest BCUT2D eigenvalue weighted by Crippen LogP contribution is -2.43. The summed E-state index contributed by atoms with van der Waals surface area (Å²) in [5.41, 5.74) is 2.32. The van der Waals surface area contributed by atoms with Gasteiger partial charge in [-0.1, -0.05) is 37.3 Å². The van der Waals surface area contributed by atoms with Crippen LogP contribution in [-0.4, -0.2) is 43.1 Å². The molecule has 0 spiro atoms. The van der Waals surface area contributed by atoms with Crippen LogP contribution in [0.2, 0.25) is 0 Å². The van der Waals surface area contributed by atoms with E-state index in [1.54, 1.807) is 24.3 Å². The number of carbonyl (C=O) groups is 2. The third kappa shape index (κ3) is 3.60. The molecule has 0 saturated carbocycles. The number of benzene rings is 2. The number of fused-ring (bicyclic) bond motifs is 1. The van der Waals surface area contributed by atoms with Gasteiger partial charge >= 0.3 is 5.97 Å². The fraction of sp³-hybridized carbons (Fsp3) is 0.300. The Morgan fingerprint density at radius 1 is 1.19 bits per heavy atom. The van der Waals surface area contributed by atoms with Gasteiger partial charge in [-0.2, -0.15) is 0 Å². The topological polar surface area (TPSA) is 91.8 Å². The molecule has 0 fully saturated rings. The molecule has 1 unspecified atom stereocenters. The Kier molecular flexibility index (Phi) is 5.06. The van der Waals surface area contributed by atoms with Crippen LogP contribution in [0, 0.1) is 0 Å². The van der Waals surface area contributed by atoms with Crippen molar-refractivity contribution in [3.05, 3.63) is 64.7 Å².